The fourth-order valence-corrected chi connectivity index (χ4v) is 2.29. The van der Waals surface area contributed by atoms with E-state index in [4.69, 9.17) is 10.00 Å². The van der Waals surface area contributed by atoms with E-state index in [1.807, 2.05) is 20.9 Å². The molecule has 1 aliphatic heterocycles. The largest absolute Gasteiger partial charge is 0.374 e. The number of nitrogens with one attached hydrogen (secondary N) is 1. The average molecular weight is 253 g/mol. The third-order valence-electron chi connectivity index (χ3n) is 3.48. The first-order valence-corrected chi connectivity index (χ1v) is 6.97. The van der Waals surface area contributed by atoms with E-state index in [0.29, 0.717) is 6.10 Å². The first-order chi connectivity index (χ1) is 8.57. The van der Waals surface area contributed by atoms with Gasteiger partial charge in [-0.15, -0.1) is 0 Å². The van der Waals surface area contributed by atoms with Gasteiger partial charge in [-0.2, -0.15) is 5.26 Å². The van der Waals surface area contributed by atoms with Gasteiger partial charge in [-0.25, -0.2) is 0 Å². The highest BCUT2D eigenvalue weighted by Crippen LogP contribution is 2.21. The summed E-state index contributed by atoms with van der Waals surface area (Å²) < 4.78 is 5.68. The molecular formula is C14H27N3O. The van der Waals surface area contributed by atoms with Crippen LogP contribution in [0.3, 0.4) is 0 Å². The second kappa shape index (κ2) is 7.73. The van der Waals surface area contributed by atoms with Gasteiger partial charge < -0.3 is 10.1 Å². The van der Waals surface area contributed by atoms with Crippen molar-refractivity contribution in [1.82, 2.24) is 10.2 Å². The summed E-state index contributed by atoms with van der Waals surface area (Å²) >= 11 is 0. The van der Waals surface area contributed by atoms with Gasteiger partial charge in [0.2, 0.25) is 0 Å². The van der Waals surface area contributed by atoms with E-state index in [0.717, 1.165) is 45.6 Å². The Bertz CT molecular complexity index is 271. The zero-order valence-electron chi connectivity index (χ0n) is 12.0. The minimum absolute atomic E-state index is 0.167. The van der Waals surface area contributed by atoms with Gasteiger partial charge in [-0.05, 0) is 40.3 Å². The van der Waals surface area contributed by atoms with E-state index in [1.54, 1.807) is 0 Å². The molecular weight excluding hydrogens is 226 g/mol. The molecule has 1 saturated heterocycles. The lowest BCUT2D eigenvalue weighted by atomic mass is 9.89. The van der Waals surface area contributed by atoms with Crippen LogP contribution in [0, 0.1) is 16.7 Å². The molecule has 1 atom stereocenters. The Morgan fingerprint density at radius 2 is 2.22 bits per heavy atom. The quantitative estimate of drug-likeness (QED) is 0.701. The number of ether oxygens (including phenoxy) is 1. The molecule has 4 nitrogen and oxygen atoms in total. The Morgan fingerprint density at radius 1 is 1.44 bits per heavy atom. The monoisotopic (exact) mass is 253 g/mol. The van der Waals surface area contributed by atoms with E-state index >= 15 is 0 Å². The van der Waals surface area contributed by atoms with Crippen LogP contribution in [0.1, 0.15) is 33.1 Å². The highest BCUT2D eigenvalue weighted by atomic mass is 16.5. The number of hydrogen-bond acceptors (Lipinski definition) is 4. The summed E-state index contributed by atoms with van der Waals surface area (Å²) in [6.45, 7) is 9.01. The topological polar surface area (TPSA) is 48.3 Å². The summed E-state index contributed by atoms with van der Waals surface area (Å²) in [5.74, 6) is 0. The van der Waals surface area contributed by atoms with Crippen LogP contribution in [0.25, 0.3) is 0 Å². The Hall–Kier alpha value is -0.630. The van der Waals surface area contributed by atoms with Gasteiger partial charge in [0.1, 0.15) is 0 Å². The van der Waals surface area contributed by atoms with Crippen LogP contribution in [0.2, 0.25) is 0 Å². The van der Waals surface area contributed by atoms with Crippen molar-refractivity contribution in [2.45, 2.75) is 39.2 Å². The number of morpholine rings is 1. The number of nitrogens with zero attached hydrogens (tertiary/aromatic N) is 2. The van der Waals surface area contributed by atoms with E-state index in [2.05, 4.69) is 16.3 Å². The standard InChI is InChI=1S/C14H27N3O/c1-14(2,12-15)6-4-5-7-17-8-9-18-13(11-17)10-16-3/h13,16H,4-11H2,1-3H3. The van der Waals surface area contributed by atoms with Crippen LogP contribution < -0.4 is 5.32 Å². The Kier molecular flexibility index (Phi) is 6.62. The fourth-order valence-electron chi connectivity index (χ4n) is 2.29. The lowest BCUT2D eigenvalue weighted by Gasteiger charge is -2.33. The summed E-state index contributed by atoms with van der Waals surface area (Å²) in [5.41, 5.74) is -0.167. The first kappa shape index (κ1) is 15.4. The third-order valence-corrected chi connectivity index (χ3v) is 3.48. The number of unbranched alkanes of at least 4 members (excludes halogenated alkanes) is 1. The molecule has 4 heteroatoms. The van der Waals surface area contributed by atoms with Crippen molar-refractivity contribution in [1.29, 1.82) is 5.26 Å². The zero-order chi connectivity index (χ0) is 13.4. The molecule has 104 valence electrons. The molecule has 1 N–H and O–H groups in total. The number of rotatable bonds is 7. The Labute approximate surface area is 111 Å². The maximum Gasteiger partial charge on any atom is 0.0826 e. The number of likely N-dealkylation sites (N-methyl/N-ethyl adjacent to an activating group) is 1. The van der Waals surface area contributed by atoms with E-state index in [-0.39, 0.29) is 5.41 Å². The van der Waals surface area contributed by atoms with Crippen molar-refractivity contribution in [3.8, 4) is 6.07 Å². The maximum absolute atomic E-state index is 8.95. The molecule has 0 spiro atoms. The Morgan fingerprint density at radius 3 is 2.89 bits per heavy atom. The van der Waals surface area contributed by atoms with Crippen LogP contribution in [0.4, 0.5) is 0 Å². The molecule has 0 amide bonds. The molecule has 0 aromatic heterocycles. The summed E-state index contributed by atoms with van der Waals surface area (Å²) in [6.07, 6.45) is 3.64. The van der Waals surface area contributed by atoms with Crippen LogP contribution in [0.5, 0.6) is 0 Å². The highest BCUT2D eigenvalue weighted by molar-refractivity contribution is 4.91. The van der Waals surface area contributed by atoms with Gasteiger partial charge in [0.25, 0.3) is 0 Å². The molecule has 1 heterocycles. The van der Waals surface area contributed by atoms with Gasteiger partial charge >= 0.3 is 0 Å². The minimum Gasteiger partial charge on any atom is -0.374 e. The molecule has 0 bridgehead atoms. The maximum atomic E-state index is 8.95. The van der Waals surface area contributed by atoms with Crippen molar-refractivity contribution < 1.29 is 4.74 Å². The predicted octanol–water partition coefficient (Wildman–Crippen LogP) is 1.63. The lowest BCUT2D eigenvalue weighted by molar-refractivity contribution is -0.0267. The zero-order valence-corrected chi connectivity index (χ0v) is 12.0. The SMILES string of the molecule is CNCC1CN(CCCCC(C)(C)C#N)CCO1. The second-order valence-corrected chi connectivity index (χ2v) is 5.80. The summed E-state index contributed by atoms with van der Waals surface area (Å²) in [4.78, 5) is 2.48. The van der Waals surface area contributed by atoms with Crippen molar-refractivity contribution in [3.05, 3.63) is 0 Å². The molecule has 0 aromatic rings. The van der Waals surface area contributed by atoms with Crippen molar-refractivity contribution in [2.24, 2.45) is 5.41 Å². The molecule has 0 radical (unpaired) electrons. The minimum atomic E-state index is -0.167. The van der Waals surface area contributed by atoms with Gasteiger partial charge in [0.15, 0.2) is 0 Å². The van der Waals surface area contributed by atoms with E-state index in [9.17, 15) is 0 Å². The average Bonchev–Trinajstić information content (AvgIpc) is 2.36. The van der Waals surface area contributed by atoms with Crippen LogP contribution >= 0.6 is 0 Å². The van der Waals surface area contributed by atoms with Crippen molar-refractivity contribution >= 4 is 0 Å². The highest BCUT2D eigenvalue weighted by Gasteiger charge is 2.20. The summed E-state index contributed by atoms with van der Waals surface area (Å²) in [6, 6.07) is 2.36. The Balaban J connectivity index is 2.14. The second-order valence-electron chi connectivity index (χ2n) is 5.80. The van der Waals surface area contributed by atoms with Gasteiger partial charge in [-0.3, -0.25) is 4.90 Å². The van der Waals surface area contributed by atoms with Gasteiger partial charge in [-0.1, -0.05) is 6.42 Å². The van der Waals surface area contributed by atoms with Crippen LogP contribution in [0.15, 0.2) is 0 Å². The fraction of sp³-hybridized carbons (Fsp3) is 0.929. The van der Waals surface area contributed by atoms with Gasteiger partial charge in [0, 0.05) is 19.6 Å². The van der Waals surface area contributed by atoms with Gasteiger partial charge in [0.05, 0.1) is 24.2 Å². The number of nitriles is 1. The van der Waals surface area contributed by atoms with Crippen LogP contribution in [-0.4, -0.2) is 50.8 Å². The molecule has 1 rings (SSSR count). The molecule has 0 saturated carbocycles. The lowest BCUT2D eigenvalue weighted by Crippen LogP contribution is -2.46. The summed E-state index contributed by atoms with van der Waals surface area (Å²) in [5, 5.41) is 12.1. The predicted molar refractivity (Wildman–Crippen MR) is 73.4 cm³/mol. The molecule has 1 unspecified atom stereocenters. The molecule has 0 aromatic carbocycles. The molecule has 1 aliphatic rings. The normalized spacial score (nSPS) is 21.8. The van der Waals surface area contributed by atoms with Crippen molar-refractivity contribution in [2.75, 3.05) is 39.8 Å². The third kappa shape index (κ3) is 5.81. The molecule has 1 fully saturated rings. The number of hydrogen-bond donors (Lipinski definition) is 1. The molecule has 0 aliphatic carbocycles. The van der Waals surface area contributed by atoms with Crippen LogP contribution in [-0.2, 0) is 4.74 Å². The summed E-state index contributed by atoms with van der Waals surface area (Å²) in [7, 11) is 1.96. The molecule has 18 heavy (non-hydrogen) atoms. The van der Waals surface area contributed by atoms with Crippen molar-refractivity contribution in [3.63, 3.8) is 0 Å². The van der Waals surface area contributed by atoms with E-state index < -0.39 is 0 Å². The first-order valence-electron chi connectivity index (χ1n) is 6.97. The van der Waals surface area contributed by atoms with E-state index in [1.165, 1.54) is 6.42 Å². The smallest absolute Gasteiger partial charge is 0.0826 e.